The van der Waals surface area contributed by atoms with E-state index in [1.165, 1.54) is 0 Å². The van der Waals surface area contributed by atoms with Crippen molar-refractivity contribution in [2.75, 3.05) is 13.2 Å². The third kappa shape index (κ3) is 4.26. The van der Waals surface area contributed by atoms with Crippen LogP contribution in [0.1, 0.15) is 20.3 Å². The fourth-order valence-corrected chi connectivity index (χ4v) is 0.833. The Kier molecular flexibility index (Phi) is 5.24. The summed E-state index contributed by atoms with van der Waals surface area (Å²) in [6, 6.07) is -1.06. The molecule has 0 aliphatic heterocycles. The smallest absolute Gasteiger partial charge is 0.326 e. The molecule has 1 amide bonds. The van der Waals surface area contributed by atoms with E-state index in [9.17, 15) is 9.59 Å². The molecular weight excluding hydrogens is 200 g/mol. The van der Waals surface area contributed by atoms with E-state index in [2.05, 4.69) is 5.32 Å². The van der Waals surface area contributed by atoms with Crippen molar-refractivity contribution in [2.45, 2.75) is 26.3 Å². The molecule has 0 heterocycles. The lowest BCUT2D eigenvalue weighted by molar-refractivity contribution is -0.143. The quantitative estimate of drug-likeness (QED) is 0.453. The van der Waals surface area contributed by atoms with Crippen LogP contribution in [-0.2, 0) is 9.59 Å². The number of nitrogens with two attached hydrogens (primary N) is 1. The van der Waals surface area contributed by atoms with Gasteiger partial charge < -0.3 is 21.3 Å². The zero-order valence-electron chi connectivity index (χ0n) is 8.99. The molecule has 0 aromatic rings. The van der Waals surface area contributed by atoms with E-state index in [-0.39, 0.29) is 19.6 Å². The summed E-state index contributed by atoms with van der Waals surface area (Å²) in [4.78, 5) is 22.2. The van der Waals surface area contributed by atoms with E-state index < -0.39 is 23.3 Å². The van der Waals surface area contributed by atoms with Crippen molar-refractivity contribution in [2.24, 2.45) is 11.1 Å². The Morgan fingerprint density at radius 3 is 2.33 bits per heavy atom. The summed E-state index contributed by atoms with van der Waals surface area (Å²) in [6.07, 6.45) is -0.0122. The van der Waals surface area contributed by atoms with Crippen molar-refractivity contribution < 1.29 is 19.8 Å². The van der Waals surface area contributed by atoms with Crippen LogP contribution < -0.4 is 11.1 Å². The molecule has 0 aliphatic rings. The lowest BCUT2D eigenvalue weighted by Gasteiger charge is -2.23. The number of carbonyl (C=O) groups is 2. The van der Waals surface area contributed by atoms with Gasteiger partial charge in [-0.15, -0.1) is 0 Å². The number of aliphatic carboxylic acids is 1. The van der Waals surface area contributed by atoms with E-state index in [1.54, 1.807) is 13.8 Å². The standard InChI is InChI=1S/C9H18N2O4/c1-9(2,5-10)8(15)11-6(3-4-12)7(13)14/h6,12H,3-5,10H2,1-2H3,(H,11,15)(H,13,14). The Balaban J connectivity index is 4.41. The number of carboxylic acid groups (broad SMARTS) is 1. The first kappa shape index (κ1) is 13.9. The molecule has 0 spiro atoms. The van der Waals surface area contributed by atoms with Crippen LogP contribution in [0.3, 0.4) is 0 Å². The third-order valence-electron chi connectivity index (χ3n) is 2.15. The van der Waals surface area contributed by atoms with Gasteiger partial charge in [0.15, 0.2) is 0 Å². The van der Waals surface area contributed by atoms with Crippen molar-refractivity contribution in [1.82, 2.24) is 5.32 Å². The predicted octanol–water partition coefficient (Wildman–Crippen LogP) is -1.08. The second kappa shape index (κ2) is 5.67. The van der Waals surface area contributed by atoms with Crippen LogP contribution in [0.25, 0.3) is 0 Å². The molecule has 0 rings (SSSR count). The van der Waals surface area contributed by atoms with Gasteiger partial charge >= 0.3 is 5.97 Å². The van der Waals surface area contributed by atoms with Crippen molar-refractivity contribution in [1.29, 1.82) is 0 Å². The summed E-state index contributed by atoms with van der Waals surface area (Å²) >= 11 is 0. The minimum atomic E-state index is -1.16. The van der Waals surface area contributed by atoms with Crippen LogP contribution in [0.2, 0.25) is 0 Å². The highest BCUT2D eigenvalue weighted by Gasteiger charge is 2.29. The van der Waals surface area contributed by atoms with Gasteiger partial charge in [0.2, 0.25) is 5.91 Å². The number of aliphatic hydroxyl groups excluding tert-OH is 1. The monoisotopic (exact) mass is 218 g/mol. The van der Waals surface area contributed by atoms with Crippen molar-refractivity contribution >= 4 is 11.9 Å². The number of rotatable bonds is 6. The molecule has 0 aromatic heterocycles. The lowest BCUT2D eigenvalue weighted by atomic mass is 9.92. The summed E-state index contributed by atoms with van der Waals surface area (Å²) in [7, 11) is 0. The van der Waals surface area contributed by atoms with Gasteiger partial charge in [-0.1, -0.05) is 0 Å². The number of aliphatic hydroxyl groups is 1. The molecular formula is C9H18N2O4. The zero-order valence-corrected chi connectivity index (χ0v) is 8.99. The Hall–Kier alpha value is -1.14. The highest BCUT2D eigenvalue weighted by Crippen LogP contribution is 2.12. The molecule has 1 unspecified atom stereocenters. The first-order valence-electron chi connectivity index (χ1n) is 4.70. The molecule has 0 bridgehead atoms. The highest BCUT2D eigenvalue weighted by molar-refractivity contribution is 5.87. The second-order valence-corrected chi connectivity index (χ2v) is 3.96. The highest BCUT2D eigenvalue weighted by atomic mass is 16.4. The summed E-state index contributed by atoms with van der Waals surface area (Å²) in [5.74, 6) is -1.59. The first-order valence-corrected chi connectivity index (χ1v) is 4.70. The molecule has 5 N–H and O–H groups in total. The number of nitrogens with one attached hydrogen (secondary N) is 1. The summed E-state index contributed by atoms with van der Waals surface area (Å²) in [6.45, 7) is 3.09. The van der Waals surface area contributed by atoms with Gasteiger partial charge in [0.05, 0.1) is 5.41 Å². The number of hydrogen-bond acceptors (Lipinski definition) is 4. The molecule has 0 radical (unpaired) electrons. The SMILES string of the molecule is CC(C)(CN)C(=O)NC(CCO)C(=O)O. The molecule has 0 saturated carbocycles. The van der Waals surface area contributed by atoms with E-state index in [4.69, 9.17) is 15.9 Å². The Labute approximate surface area is 88.5 Å². The van der Waals surface area contributed by atoms with Crippen LogP contribution in [0.15, 0.2) is 0 Å². The molecule has 0 aromatic carbocycles. The minimum Gasteiger partial charge on any atom is -0.480 e. The van der Waals surface area contributed by atoms with Crippen molar-refractivity contribution in [3.63, 3.8) is 0 Å². The van der Waals surface area contributed by atoms with Gasteiger partial charge in [-0.05, 0) is 13.8 Å². The number of amides is 1. The maximum atomic E-state index is 11.5. The van der Waals surface area contributed by atoms with Gasteiger partial charge in [-0.3, -0.25) is 4.79 Å². The maximum Gasteiger partial charge on any atom is 0.326 e. The number of carboxylic acids is 1. The Bertz CT molecular complexity index is 240. The first-order chi connectivity index (χ1) is 6.85. The van der Waals surface area contributed by atoms with Gasteiger partial charge in [-0.25, -0.2) is 4.79 Å². The molecule has 1 atom stereocenters. The fraction of sp³-hybridized carbons (Fsp3) is 0.778. The molecule has 88 valence electrons. The Morgan fingerprint density at radius 2 is 2.00 bits per heavy atom. The normalized spacial score (nSPS) is 13.3. The topological polar surface area (TPSA) is 113 Å². The Morgan fingerprint density at radius 1 is 1.47 bits per heavy atom. The molecule has 15 heavy (non-hydrogen) atoms. The molecule has 0 saturated heterocycles. The van der Waals surface area contributed by atoms with Crippen LogP contribution in [0, 0.1) is 5.41 Å². The zero-order chi connectivity index (χ0) is 12.1. The molecule has 6 heteroatoms. The van der Waals surface area contributed by atoms with Crippen LogP contribution >= 0.6 is 0 Å². The van der Waals surface area contributed by atoms with Crippen LogP contribution in [0.4, 0.5) is 0 Å². The molecule has 6 nitrogen and oxygen atoms in total. The van der Waals surface area contributed by atoms with E-state index in [0.29, 0.717) is 0 Å². The van der Waals surface area contributed by atoms with Crippen molar-refractivity contribution in [3.05, 3.63) is 0 Å². The van der Waals surface area contributed by atoms with Crippen LogP contribution in [-0.4, -0.2) is 41.3 Å². The predicted molar refractivity (Wildman–Crippen MR) is 54.1 cm³/mol. The largest absolute Gasteiger partial charge is 0.480 e. The van der Waals surface area contributed by atoms with E-state index in [0.717, 1.165) is 0 Å². The van der Waals surface area contributed by atoms with Crippen molar-refractivity contribution in [3.8, 4) is 0 Å². The van der Waals surface area contributed by atoms with Gasteiger partial charge in [0.25, 0.3) is 0 Å². The van der Waals surface area contributed by atoms with Crippen LogP contribution in [0.5, 0.6) is 0 Å². The summed E-state index contributed by atoms with van der Waals surface area (Å²) in [5, 5.41) is 19.7. The fourth-order valence-electron chi connectivity index (χ4n) is 0.833. The molecule has 0 fully saturated rings. The van der Waals surface area contributed by atoms with Gasteiger partial charge in [0.1, 0.15) is 6.04 Å². The minimum absolute atomic E-state index is 0.0122. The van der Waals surface area contributed by atoms with Gasteiger partial charge in [-0.2, -0.15) is 0 Å². The second-order valence-electron chi connectivity index (χ2n) is 3.96. The number of carbonyl (C=O) groups excluding carboxylic acids is 1. The van der Waals surface area contributed by atoms with Gasteiger partial charge in [0, 0.05) is 19.6 Å². The van der Waals surface area contributed by atoms with E-state index >= 15 is 0 Å². The molecule has 0 aliphatic carbocycles. The maximum absolute atomic E-state index is 11.5. The average Bonchev–Trinajstić information content (AvgIpc) is 2.16. The average molecular weight is 218 g/mol. The summed E-state index contributed by atoms with van der Waals surface area (Å²) in [5.41, 5.74) is 4.57. The number of hydrogen-bond donors (Lipinski definition) is 4. The summed E-state index contributed by atoms with van der Waals surface area (Å²) < 4.78 is 0. The van der Waals surface area contributed by atoms with E-state index in [1.807, 2.05) is 0 Å². The lowest BCUT2D eigenvalue weighted by Crippen LogP contribution is -2.49. The third-order valence-corrected chi connectivity index (χ3v) is 2.15.